The fourth-order valence-corrected chi connectivity index (χ4v) is 4.18. The van der Waals surface area contributed by atoms with Crippen molar-refractivity contribution in [1.82, 2.24) is 4.90 Å². The van der Waals surface area contributed by atoms with Gasteiger partial charge in [-0.3, -0.25) is 9.69 Å². The number of carbonyl (C=O) groups is 1. The maximum Gasteiger partial charge on any atom is 0.165 e. The van der Waals surface area contributed by atoms with Gasteiger partial charge >= 0.3 is 0 Å². The Hall–Kier alpha value is -0.220. The van der Waals surface area contributed by atoms with Crippen molar-refractivity contribution in [3.05, 3.63) is 27.7 Å². The maximum atomic E-state index is 12.3. The van der Waals surface area contributed by atoms with Crippen molar-refractivity contribution in [3.8, 4) is 0 Å². The summed E-state index contributed by atoms with van der Waals surface area (Å²) < 4.78 is 0. The Morgan fingerprint density at radius 1 is 1.26 bits per heavy atom. The summed E-state index contributed by atoms with van der Waals surface area (Å²) >= 11 is 14.4. The van der Waals surface area contributed by atoms with Crippen LogP contribution in [-0.4, -0.2) is 35.6 Å². The lowest BCUT2D eigenvalue weighted by Crippen LogP contribution is -2.10. The third-order valence-electron chi connectivity index (χ3n) is 4.19. The van der Waals surface area contributed by atoms with E-state index in [2.05, 4.69) is 18.7 Å². The zero-order valence-corrected chi connectivity index (χ0v) is 16.2. The van der Waals surface area contributed by atoms with Crippen molar-refractivity contribution < 1.29 is 4.79 Å². The van der Waals surface area contributed by atoms with Crippen LogP contribution >= 0.6 is 35.0 Å². The molecule has 1 fully saturated rings. The lowest BCUT2D eigenvalue weighted by atomic mass is 10.1. The molecule has 0 radical (unpaired) electrons. The van der Waals surface area contributed by atoms with Gasteiger partial charge in [-0.15, -0.1) is 11.8 Å². The Bertz CT molecular complexity index is 550. The van der Waals surface area contributed by atoms with Crippen molar-refractivity contribution >= 4 is 40.7 Å². The van der Waals surface area contributed by atoms with Crippen molar-refractivity contribution in [1.29, 1.82) is 0 Å². The SMILES string of the molecule is CCCCCCSc1cc(Cl)c(C(=O)CCN2CC2C)cc1Cl. The van der Waals surface area contributed by atoms with Crippen molar-refractivity contribution in [3.63, 3.8) is 0 Å². The molecule has 0 spiro atoms. The van der Waals surface area contributed by atoms with Gasteiger partial charge in [0.2, 0.25) is 0 Å². The molecule has 2 nitrogen and oxygen atoms in total. The highest BCUT2D eigenvalue weighted by Gasteiger charge is 2.29. The summed E-state index contributed by atoms with van der Waals surface area (Å²) in [7, 11) is 0. The average molecular weight is 374 g/mol. The zero-order chi connectivity index (χ0) is 16.8. The van der Waals surface area contributed by atoms with E-state index in [-0.39, 0.29) is 5.78 Å². The largest absolute Gasteiger partial charge is 0.297 e. The van der Waals surface area contributed by atoms with Crippen LogP contribution in [0.3, 0.4) is 0 Å². The molecule has 2 atom stereocenters. The summed E-state index contributed by atoms with van der Waals surface area (Å²) in [6, 6.07) is 4.21. The summed E-state index contributed by atoms with van der Waals surface area (Å²) in [6.07, 6.45) is 5.45. The minimum atomic E-state index is 0.0792. The molecule has 0 amide bonds. The predicted octanol–water partition coefficient (Wildman–Crippen LogP) is 5.94. The fourth-order valence-electron chi connectivity index (χ4n) is 2.55. The summed E-state index contributed by atoms with van der Waals surface area (Å²) in [5, 5.41) is 1.16. The van der Waals surface area contributed by atoms with Gasteiger partial charge < -0.3 is 0 Å². The number of thioether (sulfide) groups is 1. The van der Waals surface area contributed by atoms with E-state index < -0.39 is 0 Å². The third kappa shape index (κ3) is 5.97. The zero-order valence-electron chi connectivity index (χ0n) is 13.9. The summed E-state index contributed by atoms with van der Waals surface area (Å²) in [5.41, 5.74) is 0.557. The summed E-state index contributed by atoms with van der Waals surface area (Å²) in [4.78, 5) is 15.6. The monoisotopic (exact) mass is 373 g/mol. The first-order chi connectivity index (χ1) is 11.0. The standard InChI is InChI=1S/C18H25Cl2NOS/c1-3-4-5-6-9-23-18-11-15(19)14(10-16(18)20)17(22)7-8-21-12-13(21)2/h10-11,13H,3-9,12H2,1-2H3. The van der Waals surface area contributed by atoms with E-state index in [0.29, 0.717) is 28.1 Å². The van der Waals surface area contributed by atoms with Gasteiger partial charge in [0.1, 0.15) is 0 Å². The van der Waals surface area contributed by atoms with Gasteiger partial charge in [0.05, 0.1) is 10.0 Å². The number of Topliss-reactive ketones (excluding diaryl/α,β-unsaturated/α-hetero) is 1. The molecular weight excluding hydrogens is 349 g/mol. The van der Waals surface area contributed by atoms with E-state index in [0.717, 1.165) is 23.7 Å². The van der Waals surface area contributed by atoms with Crippen LogP contribution < -0.4 is 0 Å². The van der Waals surface area contributed by atoms with Gasteiger partial charge in [-0.2, -0.15) is 0 Å². The minimum absolute atomic E-state index is 0.0792. The van der Waals surface area contributed by atoms with E-state index in [1.165, 1.54) is 25.7 Å². The van der Waals surface area contributed by atoms with Crippen LogP contribution in [0.4, 0.5) is 0 Å². The fraction of sp³-hybridized carbons (Fsp3) is 0.611. The highest BCUT2D eigenvalue weighted by molar-refractivity contribution is 7.99. The number of unbranched alkanes of at least 4 members (excludes halogenated alkanes) is 3. The second-order valence-electron chi connectivity index (χ2n) is 6.19. The number of hydrogen-bond acceptors (Lipinski definition) is 3. The second-order valence-corrected chi connectivity index (χ2v) is 8.14. The Balaban J connectivity index is 1.89. The number of rotatable bonds is 10. The van der Waals surface area contributed by atoms with Gasteiger partial charge in [0.15, 0.2) is 5.78 Å². The molecule has 0 aliphatic carbocycles. The number of carbonyl (C=O) groups excluding carboxylic acids is 1. The van der Waals surface area contributed by atoms with Gasteiger partial charge in [-0.05, 0) is 31.2 Å². The van der Waals surface area contributed by atoms with Crippen molar-refractivity contribution in [2.75, 3.05) is 18.8 Å². The van der Waals surface area contributed by atoms with E-state index in [9.17, 15) is 4.79 Å². The van der Waals surface area contributed by atoms with Crippen LogP contribution in [0, 0.1) is 0 Å². The third-order valence-corrected chi connectivity index (χ3v) is 6.07. The highest BCUT2D eigenvalue weighted by atomic mass is 35.5. The van der Waals surface area contributed by atoms with Crippen molar-refractivity contribution in [2.24, 2.45) is 0 Å². The molecule has 1 saturated heterocycles. The average Bonchev–Trinajstić information content (AvgIpc) is 3.23. The Morgan fingerprint density at radius 2 is 2.00 bits per heavy atom. The summed E-state index contributed by atoms with van der Waals surface area (Å²) in [5.74, 6) is 1.12. The highest BCUT2D eigenvalue weighted by Crippen LogP contribution is 2.33. The first-order valence-electron chi connectivity index (χ1n) is 8.42. The molecular formula is C18H25Cl2NOS. The number of benzene rings is 1. The van der Waals surface area contributed by atoms with Gasteiger partial charge in [0.25, 0.3) is 0 Å². The smallest absolute Gasteiger partial charge is 0.165 e. The van der Waals surface area contributed by atoms with Gasteiger partial charge in [-0.1, -0.05) is 49.4 Å². The van der Waals surface area contributed by atoms with E-state index in [1.807, 2.05) is 6.07 Å². The van der Waals surface area contributed by atoms with Crippen LogP contribution in [0.5, 0.6) is 0 Å². The molecule has 2 unspecified atom stereocenters. The lowest BCUT2D eigenvalue weighted by molar-refractivity contribution is 0.0977. The maximum absolute atomic E-state index is 12.3. The molecule has 1 aliphatic heterocycles. The van der Waals surface area contributed by atoms with Gasteiger partial charge in [-0.25, -0.2) is 0 Å². The van der Waals surface area contributed by atoms with Crippen LogP contribution in [-0.2, 0) is 0 Å². The molecule has 0 saturated carbocycles. The molecule has 0 N–H and O–H groups in total. The summed E-state index contributed by atoms with van der Waals surface area (Å²) in [6.45, 7) is 6.28. The number of ketones is 1. The van der Waals surface area contributed by atoms with E-state index in [1.54, 1.807) is 17.8 Å². The lowest BCUT2D eigenvalue weighted by Gasteiger charge is -2.09. The Morgan fingerprint density at radius 3 is 2.65 bits per heavy atom. The number of halogens is 2. The molecule has 0 aromatic heterocycles. The van der Waals surface area contributed by atoms with E-state index in [4.69, 9.17) is 23.2 Å². The number of hydrogen-bond donors (Lipinski definition) is 0. The minimum Gasteiger partial charge on any atom is -0.297 e. The molecule has 1 aliphatic rings. The Labute approximate surface area is 153 Å². The molecule has 1 heterocycles. The quantitative estimate of drug-likeness (QED) is 0.219. The molecule has 128 valence electrons. The number of nitrogens with zero attached hydrogens (tertiary/aromatic N) is 1. The van der Waals surface area contributed by atoms with Crippen LogP contribution in [0.25, 0.3) is 0 Å². The molecule has 5 heteroatoms. The van der Waals surface area contributed by atoms with Gasteiger partial charge in [0, 0.05) is 36.0 Å². The van der Waals surface area contributed by atoms with Crippen LogP contribution in [0.15, 0.2) is 17.0 Å². The predicted molar refractivity (Wildman–Crippen MR) is 101 cm³/mol. The first kappa shape index (κ1) is 19.1. The Kier molecular flexibility index (Phi) is 7.74. The first-order valence-corrected chi connectivity index (χ1v) is 10.2. The molecule has 1 aromatic rings. The molecule has 2 rings (SSSR count). The van der Waals surface area contributed by atoms with Crippen LogP contribution in [0.2, 0.25) is 10.0 Å². The molecule has 1 aromatic carbocycles. The molecule has 0 bridgehead atoms. The van der Waals surface area contributed by atoms with Crippen LogP contribution in [0.1, 0.15) is 56.3 Å². The van der Waals surface area contributed by atoms with E-state index >= 15 is 0 Å². The molecule has 23 heavy (non-hydrogen) atoms. The van der Waals surface area contributed by atoms with Crippen molar-refractivity contribution in [2.45, 2.75) is 56.9 Å². The topological polar surface area (TPSA) is 20.1 Å². The normalized spacial score (nSPS) is 19.8. The second kappa shape index (κ2) is 9.31.